The van der Waals surface area contributed by atoms with E-state index in [9.17, 15) is 9.90 Å². The zero-order chi connectivity index (χ0) is 16.4. The molecule has 1 amide bonds. The SMILES string of the molecule is Cc1cc(C(=O)NN=Cc2c(O)ccc3ccccc23)c(C)o1. The van der Waals surface area contributed by atoms with Gasteiger partial charge >= 0.3 is 0 Å². The molecule has 1 aromatic heterocycles. The minimum atomic E-state index is -0.352. The number of furan rings is 1. The van der Waals surface area contributed by atoms with Crippen molar-refractivity contribution in [2.24, 2.45) is 5.10 Å². The summed E-state index contributed by atoms with van der Waals surface area (Å²) in [5, 5.41) is 15.8. The molecule has 0 unspecified atom stereocenters. The molecule has 0 spiro atoms. The quantitative estimate of drug-likeness (QED) is 0.574. The number of hydrogen-bond donors (Lipinski definition) is 2. The number of carbonyl (C=O) groups excluding carboxylic acids is 1. The molecule has 0 saturated carbocycles. The molecule has 1 heterocycles. The van der Waals surface area contributed by atoms with Crippen LogP contribution in [0.3, 0.4) is 0 Å². The standard InChI is InChI=1S/C18H16N2O3/c1-11-9-15(12(2)23-11)18(22)20-19-10-16-14-6-4-3-5-13(14)7-8-17(16)21/h3-10,21H,1-2H3,(H,20,22). The van der Waals surface area contributed by atoms with Gasteiger partial charge in [0.25, 0.3) is 5.91 Å². The first-order valence-corrected chi connectivity index (χ1v) is 7.17. The maximum atomic E-state index is 12.1. The molecule has 3 rings (SSSR count). The third kappa shape index (κ3) is 2.94. The van der Waals surface area contributed by atoms with Crippen molar-refractivity contribution in [1.29, 1.82) is 0 Å². The molecule has 0 atom stereocenters. The van der Waals surface area contributed by atoms with Crippen molar-refractivity contribution in [3.63, 3.8) is 0 Å². The number of fused-ring (bicyclic) bond motifs is 1. The van der Waals surface area contributed by atoms with Gasteiger partial charge in [-0.05, 0) is 36.8 Å². The summed E-state index contributed by atoms with van der Waals surface area (Å²) in [5.41, 5.74) is 3.46. The number of aromatic hydroxyl groups is 1. The van der Waals surface area contributed by atoms with E-state index in [1.807, 2.05) is 30.3 Å². The van der Waals surface area contributed by atoms with Crippen LogP contribution in [0.5, 0.6) is 5.75 Å². The van der Waals surface area contributed by atoms with Crippen LogP contribution in [0, 0.1) is 13.8 Å². The summed E-state index contributed by atoms with van der Waals surface area (Å²) >= 11 is 0. The smallest absolute Gasteiger partial charge is 0.274 e. The molecule has 0 aliphatic carbocycles. The zero-order valence-corrected chi connectivity index (χ0v) is 12.8. The molecule has 2 N–H and O–H groups in total. The van der Waals surface area contributed by atoms with Crippen molar-refractivity contribution < 1.29 is 14.3 Å². The number of rotatable bonds is 3. The Morgan fingerprint density at radius 1 is 1.22 bits per heavy atom. The van der Waals surface area contributed by atoms with E-state index in [-0.39, 0.29) is 11.7 Å². The Labute approximate surface area is 133 Å². The highest BCUT2D eigenvalue weighted by molar-refractivity contribution is 6.03. The van der Waals surface area contributed by atoms with E-state index in [4.69, 9.17) is 4.42 Å². The number of hydrazone groups is 1. The van der Waals surface area contributed by atoms with E-state index in [0.717, 1.165) is 10.8 Å². The highest BCUT2D eigenvalue weighted by Gasteiger charge is 2.12. The minimum Gasteiger partial charge on any atom is -0.507 e. The van der Waals surface area contributed by atoms with Gasteiger partial charge in [-0.3, -0.25) is 4.79 Å². The number of aryl methyl sites for hydroxylation is 2. The van der Waals surface area contributed by atoms with Crippen molar-refractivity contribution >= 4 is 22.9 Å². The minimum absolute atomic E-state index is 0.108. The molecule has 0 aliphatic heterocycles. The Morgan fingerprint density at radius 3 is 2.74 bits per heavy atom. The lowest BCUT2D eigenvalue weighted by atomic mass is 10.0. The van der Waals surface area contributed by atoms with Gasteiger partial charge in [-0.1, -0.05) is 30.3 Å². The first-order chi connectivity index (χ1) is 11.1. The van der Waals surface area contributed by atoms with Crippen LogP contribution in [0.2, 0.25) is 0 Å². The van der Waals surface area contributed by atoms with Crippen LogP contribution in [0.15, 0.2) is 52.0 Å². The van der Waals surface area contributed by atoms with E-state index in [0.29, 0.717) is 22.6 Å². The second-order valence-corrected chi connectivity index (χ2v) is 5.25. The van der Waals surface area contributed by atoms with Crippen LogP contribution in [-0.4, -0.2) is 17.2 Å². The lowest BCUT2D eigenvalue weighted by molar-refractivity contribution is 0.0953. The van der Waals surface area contributed by atoms with Crippen LogP contribution in [0.4, 0.5) is 0 Å². The summed E-state index contributed by atoms with van der Waals surface area (Å²) in [7, 11) is 0. The summed E-state index contributed by atoms with van der Waals surface area (Å²) in [6.07, 6.45) is 1.44. The van der Waals surface area contributed by atoms with E-state index in [2.05, 4.69) is 10.5 Å². The van der Waals surface area contributed by atoms with Crippen LogP contribution >= 0.6 is 0 Å². The summed E-state index contributed by atoms with van der Waals surface area (Å²) in [5.74, 6) is 0.971. The third-order valence-electron chi connectivity index (χ3n) is 3.59. The van der Waals surface area contributed by atoms with Crippen molar-refractivity contribution in [2.75, 3.05) is 0 Å². The molecule has 0 saturated heterocycles. The number of carbonyl (C=O) groups is 1. The monoisotopic (exact) mass is 308 g/mol. The molecule has 0 aliphatic rings. The van der Waals surface area contributed by atoms with Crippen molar-refractivity contribution in [3.8, 4) is 5.75 Å². The molecule has 5 heteroatoms. The van der Waals surface area contributed by atoms with Crippen LogP contribution < -0.4 is 5.43 Å². The number of nitrogens with zero attached hydrogens (tertiary/aromatic N) is 1. The molecule has 116 valence electrons. The van der Waals surface area contributed by atoms with Gasteiger partial charge in [-0.2, -0.15) is 5.10 Å². The zero-order valence-electron chi connectivity index (χ0n) is 12.8. The highest BCUT2D eigenvalue weighted by Crippen LogP contribution is 2.25. The predicted molar refractivity (Wildman–Crippen MR) is 88.9 cm³/mol. The summed E-state index contributed by atoms with van der Waals surface area (Å²) in [6, 6.07) is 12.7. The number of hydrogen-bond acceptors (Lipinski definition) is 4. The topological polar surface area (TPSA) is 74.8 Å². The van der Waals surface area contributed by atoms with Crippen molar-refractivity contribution in [2.45, 2.75) is 13.8 Å². The van der Waals surface area contributed by atoms with E-state index < -0.39 is 0 Å². The van der Waals surface area contributed by atoms with Gasteiger partial charge in [0.15, 0.2) is 0 Å². The first kappa shape index (κ1) is 14.8. The summed E-state index contributed by atoms with van der Waals surface area (Å²) in [6.45, 7) is 3.50. The maximum absolute atomic E-state index is 12.1. The number of nitrogens with one attached hydrogen (secondary N) is 1. The second-order valence-electron chi connectivity index (χ2n) is 5.25. The summed E-state index contributed by atoms with van der Waals surface area (Å²) in [4.78, 5) is 12.1. The van der Waals surface area contributed by atoms with Gasteiger partial charge in [0.2, 0.25) is 0 Å². The van der Waals surface area contributed by atoms with Crippen LogP contribution in [0.1, 0.15) is 27.4 Å². The fraction of sp³-hybridized carbons (Fsp3) is 0.111. The Morgan fingerprint density at radius 2 is 2.00 bits per heavy atom. The Hall–Kier alpha value is -3.08. The largest absolute Gasteiger partial charge is 0.507 e. The van der Waals surface area contributed by atoms with Gasteiger partial charge in [-0.15, -0.1) is 0 Å². The van der Waals surface area contributed by atoms with Gasteiger partial charge in [-0.25, -0.2) is 5.43 Å². The van der Waals surface area contributed by atoms with E-state index in [1.165, 1.54) is 6.21 Å². The van der Waals surface area contributed by atoms with Crippen LogP contribution in [0.25, 0.3) is 10.8 Å². The van der Waals surface area contributed by atoms with Crippen LogP contribution in [-0.2, 0) is 0 Å². The summed E-state index contributed by atoms with van der Waals surface area (Å²) < 4.78 is 5.32. The molecule has 0 radical (unpaired) electrons. The number of phenolic OH excluding ortho intramolecular Hbond substituents is 1. The average Bonchev–Trinajstić information content (AvgIpc) is 2.88. The molecule has 2 aromatic carbocycles. The maximum Gasteiger partial charge on any atom is 0.274 e. The number of benzene rings is 2. The highest BCUT2D eigenvalue weighted by atomic mass is 16.3. The van der Waals surface area contributed by atoms with Crippen molar-refractivity contribution in [1.82, 2.24) is 5.43 Å². The number of phenols is 1. The lowest BCUT2D eigenvalue weighted by Crippen LogP contribution is -2.17. The molecule has 5 nitrogen and oxygen atoms in total. The Bertz CT molecular complexity index is 910. The van der Waals surface area contributed by atoms with Gasteiger partial charge < -0.3 is 9.52 Å². The Balaban J connectivity index is 1.85. The van der Waals surface area contributed by atoms with Gasteiger partial charge in [0.1, 0.15) is 17.3 Å². The Kier molecular flexibility index (Phi) is 3.85. The predicted octanol–water partition coefficient (Wildman–Crippen LogP) is 3.52. The molecular formula is C18H16N2O3. The number of amides is 1. The fourth-order valence-corrected chi connectivity index (χ4v) is 2.49. The molecular weight excluding hydrogens is 292 g/mol. The van der Waals surface area contributed by atoms with Gasteiger partial charge in [0.05, 0.1) is 11.8 Å². The molecule has 0 bridgehead atoms. The lowest BCUT2D eigenvalue weighted by Gasteiger charge is -2.04. The van der Waals surface area contributed by atoms with Gasteiger partial charge in [0, 0.05) is 5.56 Å². The normalized spacial score (nSPS) is 11.2. The fourth-order valence-electron chi connectivity index (χ4n) is 2.49. The molecule has 3 aromatic rings. The van der Waals surface area contributed by atoms with Crippen molar-refractivity contribution in [3.05, 3.63) is 65.1 Å². The molecule has 23 heavy (non-hydrogen) atoms. The van der Waals surface area contributed by atoms with E-state index >= 15 is 0 Å². The first-order valence-electron chi connectivity index (χ1n) is 7.17. The third-order valence-corrected chi connectivity index (χ3v) is 3.59. The van der Waals surface area contributed by atoms with E-state index in [1.54, 1.807) is 26.0 Å². The average molecular weight is 308 g/mol. The molecule has 0 fully saturated rings. The second kappa shape index (κ2) is 5.96.